The van der Waals surface area contributed by atoms with E-state index in [1.165, 1.54) is 0 Å². The number of fused-ring (bicyclic) bond motifs is 1. The van der Waals surface area contributed by atoms with Crippen LogP contribution in [0.4, 0.5) is 5.69 Å². The average Bonchev–Trinajstić information content (AvgIpc) is 2.52. The van der Waals surface area contributed by atoms with Crippen molar-refractivity contribution in [1.82, 2.24) is 5.32 Å². The van der Waals surface area contributed by atoms with Gasteiger partial charge in [0.15, 0.2) is 0 Å². The first-order chi connectivity index (χ1) is 10.2. The molecule has 0 radical (unpaired) electrons. The minimum atomic E-state index is -0.326. The van der Waals surface area contributed by atoms with Gasteiger partial charge in [-0.05, 0) is 25.5 Å². The minimum absolute atomic E-state index is 0.0229. The zero-order chi connectivity index (χ0) is 15.2. The minimum Gasteiger partial charge on any atom is -0.373 e. The van der Waals surface area contributed by atoms with Gasteiger partial charge >= 0.3 is 0 Å². The van der Waals surface area contributed by atoms with E-state index in [1.807, 2.05) is 44.2 Å². The van der Waals surface area contributed by atoms with E-state index in [2.05, 4.69) is 16.7 Å². The van der Waals surface area contributed by atoms with E-state index in [0.29, 0.717) is 12.1 Å². The number of anilines is 1. The van der Waals surface area contributed by atoms with Crippen molar-refractivity contribution in [2.24, 2.45) is 0 Å². The van der Waals surface area contributed by atoms with Crippen LogP contribution >= 0.6 is 0 Å². The first kappa shape index (κ1) is 14.9. The van der Waals surface area contributed by atoms with Crippen LogP contribution in [-0.4, -0.2) is 18.5 Å². The Morgan fingerprint density at radius 2 is 1.95 bits per heavy atom. The molecule has 0 aliphatic carbocycles. The summed E-state index contributed by atoms with van der Waals surface area (Å²) in [6.07, 6.45) is 0.915. The number of nitrogens with zero attached hydrogens (tertiary/aromatic N) is 1. The van der Waals surface area contributed by atoms with Gasteiger partial charge in [0.1, 0.15) is 6.04 Å². The summed E-state index contributed by atoms with van der Waals surface area (Å²) in [5.41, 5.74) is 1.50. The third kappa shape index (κ3) is 3.32. The first-order valence-corrected chi connectivity index (χ1v) is 7.13. The summed E-state index contributed by atoms with van der Waals surface area (Å²) < 4.78 is 0. The van der Waals surface area contributed by atoms with Gasteiger partial charge in [0, 0.05) is 23.0 Å². The molecule has 1 amide bonds. The van der Waals surface area contributed by atoms with Crippen molar-refractivity contribution in [2.75, 3.05) is 11.9 Å². The largest absolute Gasteiger partial charge is 0.373 e. The maximum atomic E-state index is 11.9. The lowest BCUT2D eigenvalue weighted by molar-refractivity contribution is -0.121. The fraction of sp³-hybridized carbons (Fsp3) is 0.294. The normalized spacial score (nSPS) is 11.7. The number of carbonyl (C=O) groups excluding carboxylic acids is 1. The van der Waals surface area contributed by atoms with Gasteiger partial charge in [0.25, 0.3) is 0 Å². The molecule has 0 aliphatic heterocycles. The average molecular weight is 281 g/mol. The predicted molar refractivity (Wildman–Crippen MR) is 85.0 cm³/mol. The highest BCUT2D eigenvalue weighted by Crippen LogP contribution is 2.26. The number of carbonyl (C=O) groups is 1. The van der Waals surface area contributed by atoms with E-state index in [0.717, 1.165) is 22.9 Å². The van der Waals surface area contributed by atoms with Crippen LogP contribution in [0.1, 0.15) is 25.8 Å². The lowest BCUT2D eigenvalue weighted by Gasteiger charge is -2.17. The van der Waals surface area contributed by atoms with Gasteiger partial charge in [-0.3, -0.25) is 4.79 Å². The number of amides is 1. The van der Waals surface area contributed by atoms with Crippen molar-refractivity contribution in [2.45, 2.75) is 26.3 Å². The first-order valence-electron chi connectivity index (χ1n) is 7.13. The van der Waals surface area contributed by atoms with Crippen LogP contribution in [0, 0.1) is 11.3 Å². The Labute approximate surface area is 124 Å². The van der Waals surface area contributed by atoms with Crippen LogP contribution in [0.15, 0.2) is 36.4 Å². The number of nitrogens with one attached hydrogen (secondary N) is 2. The topological polar surface area (TPSA) is 64.9 Å². The Hall–Kier alpha value is -2.54. The van der Waals surface area contributed by atoms with Gasteiger partial charge in [0.2, 0.25) is 5.91 Å². The zero-order valence-corrected chi connectivity index (χ0v) is 12.3. The number of nitriles is 1. The smallest absolute Gasteiger partial charge is 0.242 e. The number of benzene rings is 2. The molecule has 1 unspecified atom stereocenters. The lowest BCUT2D eigenvalue weighted by Crippen LogP contribution is -2.37. The molecule has 2 aromatic carbocycles. The van der Waals surface area contributed by atoms with Gasteiger partial charge in [-0.25, -0.2) is 0 Å². The Bertz CT molecular complexity index is 688. The molecule has 2 aromatic rings. The van der Waals surface area contributed by atoms with E-state index in [4.69, 9.17) is 5.26 Å². The number of rotatable bonds is 5. The maximum absolute atomic E-state index is 11.9. The third-order valence-electron chi connectivity index (χ3n) is 3.36. The van der Waals surface area contributed by atoms with Crippen LogP contribution < -0.4 is 10.6 Å². The molecule has 0 aromatic heterocycles. The molecule has 1 atom stereocenters. The van der Waals surface area contributed by atoms with Crippen LogP contribution in [-0.2, 0) is 4.79 Å². The molecular weight excluding hydrogens is 262 g/mol. The van der Waals surface area contributed by atoms with E-state index in [1.54, 1.807) is 6.07 Å². The summed E-state index contributed by atoms with van der Waals surface area (Å²) in [5, 5.41) is 17.1. The Balaban J connectivity index is 2.27. The summed E-state index contributed by atoms with van der Waals surface area (Å²) in [6, 6.07) is 13.2. The lowest BCUT2D eigenvalue weighted by atomic mass is 10.0. The highest BCUT2D eigenvalue weighted by atomic mass is 16.2. The van der Waals surface area contributed by atoms with Gasteiger partial charge < -0.3 is 10.6 Å². The van der Waals surface area contributed by atoms with Crippen molar-refractivity contribution >= 4 is 22.4 Å². The number of hydrogen-bond acceptors (Lipinski definition) is 3. The van der Waals surface area contributed by atoms with Crippen molar-refractivity contribution in [3.8, 4) is 6.07 Å². The Morgan fingerprint density at radius 3 is 2.62 bits per heavy atom. The molecule has 0 saturated heterocycles. The highest BCUT2D eigenvalue weighted by molar-refractivity contribution is 5.98. The van der Waals surface area contributed by atoms with Crippen molar-refractivity contribution in [3.63, 3.8) is 0 Å². The van der Waals surface area contributed by atoms with Crippen molar-refractivity contribution in [3.05, 3.63) is 42.0 Å². The molecule has 108 valence electrons. The van der Waals surface area contributed by atoms with Crippen LogP contribution in [0.5, 0.6) is 0 Å². The maximum Gasteiger partial charge on any atom is 0.242 e. The summed E-state index contributed by atoms with van der Waals surface area (Å²) in [5.74, 6) is -0.0229. The summed E-state index contributed by atoms with van der Waals surface area (Å²) in [6.45, 7) is 4.53. The van der Waals surface area contributed by atoms with E-state index < -0.39 is 0 Å². The fourth-order valence-corrected chi connectivity index (χ4v) is 2.22. The zero-order valence-electron chi connectivity index (χ0n) is 12.3. The van der Waals surface area contributed by atoms with Crippen molar-refractivity contribution < 1.29 is 4.79 Å². The molecule has 2 N–H and O–H groups in total. The molecule has 4 heteroatoms. The molecule has 4 nitrogen and oxygen atoms in total. The van der Waals surface area contributed by atoms with Crippen LogP contribution in [0.2, 0.25) is 0 Å². The van der Waals surface area contributed by atoms with Gasteiger partial charge in [-0.2, -0.15) is 5.26 Å². The molecule has 2 rings (SSSR count). The molecule has 0 fully saturated rings. The molecule has 0 aliphatic rings. The van der Waals surface area contributed by atoms with Gasteiger partial charge in [-0.1, -0.05) is 31.2 Å². The molecule has 21 heavy (non-hydrogen) atoms. The second-order valence-corrected chi connectivity index (χ2v) is 4.98. The van der Waals surface area contributed by atoms with E-state index in [9.17, 15) is 4.79 Å². The molecule has 0 bridgehead atoms. The monoisotopic (exact) mass is 281 g/mol. The standard InChI is InChI=1S/C17H19N3O/c1-3-10-19-17(21)12(2)20-16-9-8-13(11-18)14-6-4-5-7-15(14)16/h4-9,12,20H,3,10H2,1-2H3,(H,19,21). The second kappa shape index (κ2) is 6.76. The second-order valence-electron chi connectivity index (χ2n) is 4.98. The SMILES string of the molecule is CCCNC(=O)C(C)Nc1ccc(C#N)c2ccccc12. The highest BCUT2D eigenvalue weighted by Gasteiger charge is 2.13. The molecule has 0 spiro atoms. The fourth-order valence-electron chi connectivity index (χ4n) is 2.22. The summed E-state index contributed by atoms with van der Waals surface area (Å²) >= 11 is 0. The van der Waals surface area contributed by atoms with Crippen LogP contribution in [0.3, 0.4) is 0 Å². The van der Waals surface area contributed by atoms with E-state index >= 15 is 0 Å². The molecule has 0 saturated carbocycles. The quantitative estimate of drug-likeness (QED) is 0.885. The molecule has 0 heterocycles. The van der Waals surface area contributed by atoms with Gasteiger partial charge in [-0.15, -0.1) is 0 Å². The molecular formula is C17H19N3O. The van der Waals surface area contributed by atoms with E-state index in [-0.39, 0.29) is 11.9 Å². The Morgan fingerprint density at radius 1 is 1.24 bits per heavy atom. The van der Waals surface area contributed by atoms with Gasteiger partial charge in [0.05, 0.1) is 11.6 Å². The Kier molecular flexibility index (Phi) is 4.78. The van der Waals surface area contributed by atoms with Crippen molar-refractivity contribution in [1.29, 1.82) is 5.26 Å². The number of hydrogen-bond donors (Lipinski definition) is 2. The summed E-state index contributed by atoms with van der Waals surface area (Å²) in [7, 11) is 0. The third-order valence-corrected chi connectivity index (χ3v) is 3.36. The predicted octanol–water partition coefficient (Wildman–Crippen LogP) is 3.04. The van der Waals surface area contributed by atoms with Crippen LogP contribution in [0.25, 0.3) is 10.8 Å². The summed E-state index contributed by atoms with van der Waals surface area (Å²) in [4.78, 5) is 11.9.